The fourth-order valence-corrected chi connectivity index (χ4v) is 3.23. The molecule has 0 atom stereocenters. The summed E-state index contributed by atoms with van der Waals surface area (Å²) in [5, 5.41) is 26.2. The van der Waals surface area contributed by atoms with Crippen LogP contribution in [0.25, 0.3) is 0 Å². The molecular weight excluding hydrogens is 322 g/mol. The molecule has 0 aromatic heterocycles. The van der Waals surface area contributed by atoms with Gasteiger partial charge < -0.3 is 5.11 Å². The molecule has 2 rings (SSSR count). The van der Waals surface area contributed by atoms with Crippen molar-refractivity contribution in [3.63, 3.8) is 0 Å². The fraction of sp³-hybridized carbons (Fsp3) is 0.556. The third-order valence-electron chi connectivity index (χ3n) is 4.91. The van der Waals surface area contributed by atoms with Crippen LogP contribution in [-0.4, -0.2) is 17.0 Å². The Morgan fingerprint density at radius 1 is 1.28 bits per heavy atom. The quantitative estimate of drug-likeness (QED) is 0.513. The van der Waals surface area contributed by atoms with Crippen molar-refractivity contribution < 1.29 is 14.8 Å². The largest absolute Gasteiger partial charge is 0.872 e. The van der Waals surface area contributed by atoms with E-state index in [1.54, 1.807) is 0 Å². The Morgan fingerprint density at radius 2 is 1.92 bits per heavy atom. The molecule has 0 aliphatic heterocycles. The van der Waals surface area contributed by atoms with Gasteiger partial charge in [-0.25, -0.2) is 5.43 Å². The first-order valence-electron chi connectivity index (χ1n) is 8.47. The Morgan fingerprint density at radius 3 is 2.48 bits per heavy atom. The standard InChI is InChI=1S/C18H25N3O4/c1-18(2,3)14-6-4-12(5-7-14)17(23)20-19-11-13-10-15(21(24)25)8-9-16(13)22/h8-12,14,22H,4-7H2,1-3H3,(H,20,23)/p-1/b19-11-. The van der Waals surface area contributed by atoms with Crippen LogP contribution in [0.1, 0.15) is 52.0 Å². The number of nitrogens with zero attached hydrogens (tertiary/aromatic N) is 2. The van der Waals surface area contributed by atoms with Gasteiger partial charge in [0.15, 0.2) is 0 Å². The van der Waals surface area contributed by atoms with Gasteiger partial charge in [-0.2, -0.15) is 5.10 Å². The number of amides is 1. The summed E-state index contributed by atoms with van der Waals surface area (Å²) in [5.74, 6) is -0.00343. The number of nitro benzene ring substituents is 1. The third kappa shape index (κ3) is 5.01. The lowest BCUT2D eigenvalue weighted by Crippen LogP contribution is -2.33. The lowest BCUT2D eigenvalue weighted by molar-refractivity contribution is -0.385. The summed E-state index contributed by atoms with van der Waals surface area (Å²) in [6.45, 7) is 6.67. The number of rotatable bonds is 4. The Kier molecular flexibility index (Phi) is 5.77. The van der Waals surface area contributed by atoms with Crippen LogP contribution < -0.4 is 10.5 Å². The number of non-ortho nitro benzene ring substituents is 1. The maximum absolute atomic E-state index is 12.2. The van der Waals surface area contributed by atoms with Crippen LogP contribution in [-0.2, 0) is 4.79 Å². The van der Waals surface area contributed by atoms with Gasteiger partial charge in [0.05, 0.1) is 11.1 Å². The van der Waals surface area contributed by atoms with E-state index in [4.69, 9.17) is 0 Å². The van der Waals surface area contributed by atoms with Crippen molar-refractivity contribution in [2.75, 3.05) is 0 Å². The van der Waals surface area contributed by atoms with Gasteiger partial charge >= 0.3 is 0 Å². The summed E-state index contributed by atoms with van der Waals surface area (Å²) < 4.78 is 0. The molecule has 0 saturated heterocycles. The Labute approximate surface area is 147 Å². The second-order valence-electron chi connectivity index (χ2n) is 7.63. The Hall–Kier alpha value is -2.44. The van der Waals surface area contributed by atoms with Crippen LogP contribution in [0.5, 0.6) is 5.75 Å². The minimum atomic E-state index is -0.580. The molecule has 1 aliphatic carbocycles. The van der Waals surface area contributed by atoms with Crippen LogP contribution in [0, 0.1) is 27.4 Å². The highest BCUT2D eigenvalue weighted by molar-refractivity contribution is 5.86. The Balaban J connectivity index is 1.91. The molecule has 25 heavy (non-hydrogen) atoms. The van der Waals surface area contributed by atoms with Crippen LogP contribution in [0.2, 0.25) is 0 Å². The lowest BCUT2D eigenvalue weighted by atomic mass is 9.70. The van der Waals surface area contributed by atoms with Crippen LogP contribution in [0.4, 0.5) is 5.69 Å². The van der Waals surface area contributed by atoms with Crippen molar-refractivity contribution in [2.24, 2.45) is 22.4 Å². The molecule has 0 radical (unpaired) electrons. The minimum Gasteiger partial charge on any atom is -0.872 e. The fourth-order valence-electron chi connectivity index (χ4n) is 3.23. The second-order valence-corrected chi connectivity index (χ2v) is 7.63. The molecule has 1 amide bonds. The summed E-state index contributed by atoms with van der Waals surface area (Å²) in [6.07, 6.45) is 4.84. The number of benzene rings is 1. The molecule has 0 spiro atoms. The second kappa shape index (κ2) is 7.63. The average molecular weight is 346 g/mol. The summed E-state index contributed by atoms with van der Waals surface area (Å²) in [7, 11) is 0. The topological polar surface area (TPSA) is 108 Å². The van der Waals surface area contributed by atoms with E-state index >= 15 is 0 Å². The highest BCUT2D eigenvalue weighted by atomic mass is 16.6. The van der Waals surface area contributed by atoms with E-state index in [0.717, 1.165) is 50.1 Å². The van der Waals surface area contributed by atoms with Gasteiger partial charge in [0.25, 0.3) is 5.69 Å². The van der Waals surface area contributed by atoms with Crippen molar-refractivity contribution in [1.82, 2.24) is 5.43 Å². The molecule has 1 saturated carbocycles. The zero-order valence-corrected chi connectivity index (χ0v) is 14.8. The molecule has 1 aromatic rings. The molecule has 7 nitrogen and oxygen atoms in total. The zero-order chi connectivity index (χ0) is 18.6. The monoisotopic (exact) mass is 346 g/mol. The number of hydrogen-bond acceptors (Lipinski definition) is 5. The highest BCUT2D eigenvalue weighted by Crippen LogP contribution is 2.39. The average Bonchev–Trinajstić information content (AvgIpc) is 2.55. The SMILES string of the molecule is CC(C)(C)C1CCC(C(=O)N/N=C\c2cc([N+](=O)[O-])ccc2[O-])CC1. The normalized spacial score (nSPS) is 21.2. The smallest absolute Gasteiger partial charge is 0.270 e. The number of hydrazone groups is 1. The van der Waals surface area contributed by atoms with Crippen molar-refractivity contribution >= 4 is 17.8 Å². The van der Waals surface area contributed by atoms with Gasteiger partial charge in [0.1, 0.15) is 0 Å². The van der Waals surface area contributed by atoms with E-state index in [9.17, 15) is 20.0 Å². The van der Waals surface area contributed by atoms with E-state index in [2.05, 4.69) is 31.3 Å². The minimum absolute atomic E-state index is 0.0749. The molecule has 136 valence electrons. The summed E-state index contributed by atoms with van der Waals surface area (Å²) in [6, 6.07) is 3.41. The van der Waals surface area contributed by atoms with Gasteiger partial charge in [-0.3, -0.25) is 14.9 Å². The molecular formula is C18H24N3O4-. The van der Waals surface area contributed by atoms with Gasteiger partial charge in [-0.05, 0) is 42.6 Å². The molecule has 1 aromatic carbocycles. The summed E-state index contributed by atoms with van der Waals surface area (Å²) >= 11 is 0. The van der Waals surface area contributed by atoms with E-state index in [0.29, 0.717) is 5.92 Å². The predicted octanol–water partition coefficient (Wildman–Crippen LogP) is 2.97. The molecule has 1 aliphatic rings. The molecule has 1 fully saturated rings. The van der Waals surface area contributed by atoms with Gasteiger partial charge in [-0.1, -0.05) is 32.6 Å². The maximum atomic E-state index is 12.2. The lowest BCUT2D eigenvalue weighted by Gasteiger charge is -2.36. The van der Waals surface area contributed by atoms with Crippen LogP contribution in [0.15, 0.2) is 23.3 Å². The van der Waals surface area contributed by atoms with Crippen molar-refractivity contribution in [3.05, 3.63) is 33.9 Å². The highest BCUT2D eigenvalue weighted by Gasteiger charge is 2.32. The Bertz CT molecular complexity index is 671. The van der Waals surface area contributed by atoms with E-state index in [-0.39, 0.29) is 34.2 Å². The van der Waals surface area contributed by atoms with Crippen molar-refractivity contribution in [3.8, 4) is 5.75 Å². The van der Waals surface area contributed by atoms with Gasteiger partial charge in [0.2, 0.25) is 5.91 Å². The summed E-state index contributed by atoms with van der Waals surface area (Å²) in [4.78, 5) is 22.4. The van der Waals surface area contributed by atoms with Gasteiger partial charge in [0, 0.05) is 18.1 Å². The molecule has 0 unspecified atom stereocenters. The molecule has 0 heterocycles. The van der Waals surface area contributed by atoms with E-state index < -0.39 is 4.92 Å². The first-order valence-corrected chi connectivity index (χ1v) is 8.47. The van der Waals surface area contributed by atoms with Crippen molar-refractivity contribution in [2.45, 2.75) is 46.5 Å². The van der Waals surface area contributed by atoms with Gasteiger partial charge in [-0.15, -0.1) is 0 Å². The number of nitrogens with one attached hydrogen (secondary N) is 1. The predicted molar refractivity (Wildman–Crippen MR) is 93.2 cm³/mol. The zero-order valence-electron chi connectivity index (χ0n) is 14.8. The number of nitro groups is 1. The van der Waals surface area contributed by atoms with E-state index in [1.807, 2.05) is 0 Å². The summed E-state index contributed by atoms with van der Waals surface area (Å²) in [5.41, 5.74) is 2.60. The molecule has 1 N–H and O–H groups in total. The molecule has 0 bridgehead atoms. The van der Waals surface area contributed by atoms with Crippen LogP contribution >= 0.6 is 0 Å². The third-order valence-corrected chi connectivity index (χ3v) is 4.91. The molecule has 7 heteroatoms. The first-order chi connectivity index (χ1) is 11.7. The number of carbonyl (C=O) groups excluding carboxylic acids is 1. The van der Waals surface area contributed by atoms with Crippen molar-refractivity contribution in [1.29, 1.82) is 0 Å². The van der Waals surface area contributed by atoms with E-state index in [1.165, 1.54) is 0 Å². The van der Waals surface area contributed by atoms with Crippen LogP contribution in [0.3, 0.4) is 0 Å². The number of carbonyl (C=O) groups is 1. The first kappa shape index (κ1) is 18.9. The number of hydrogen-bond donors (Lipinski definition) is 1. The maximum Gasteiger partial charge on any atom is 0.270 e.